The number of amides is 1. The van der Waals surface area contributed by atoms with Gasteiger partial charge in [-0.3, -0.25) is 14.6 Å². The molecule has 3 fully saturated rings. The Morgan fingerprint density at radius 1 is 1.09 bits per heavy atom. The lowest BCUT2D eigenvalue weighted by Gasteiger charge is -2.36. The minimum atomic E-state index is -0.649. The number of hydrogen-bond acceptors (Lipinski definition) is 7. The molecule has 184 valence electrons. The van der Waals surface area contributed by atoms with Crippen LogP contribution in [0.25, 0.3) is 0 Å². The molecule has 0 aromatic heterocycles. The zero-order valence-corrected chi connectivity index (χ0v) is 20.0. The smallest absolute Gasteiger partial charge is 0.217 e. The van der Waals surface area contributed by atoms with Crippen molar-refractivity contribution in [3.8, 4) is 5.75 Å². The van der Waals surface area contributed by atoms with E-state index in [9.17, 15) is 9.90 Å². The first-order valence-corrected chi connectivity index (χ1v) is 12.4. The summed E-state index contributed by atoms with van der Waals surface area (Å²) in [7, 11) is 0. The van der Waals surface area contributed by atoms with Gasteiger partial charge < -0.3 is 24.8 Å². The van der Waals surface area contributed by atoms with Crippen LogP contribution in [0, 0.1) is 0 Å². The van der Waals surface area contributed by atoms with E-state index >= 15 is 0 Å². The minimum Gasteiger partial charge on any atom is -0.492 e. The normalized spacial score (nSPS) is 25.9. The maximum Gasteiger partial charge on any atom is 0.217 e. The lowest BCUT2D eigenvalue weighted by atomic mass is 9.99. The van der Waals surface area contributed by atoms with Crippen molar-refractivity contribution in [2.45, 2.75) is 44.4 Å². The van der Waals surface area contributed by atoms with E-state index in [0.717, 1.165) is 84.0 Å². The molecule has 1 amide bonds. The van der Waals surface area contributed by atoms with Crippen molar-refractivity contribution < 1.29 is 19.4 Å². The van der Waals surface area contributed by atoms with Crippen LogP contribution in [0.15, 0.2) is 24.3 Å². The molecule has 33 heavy (non-hydrogen) atoms. The van der Waals surface area contributed by atoms with Gasteiger partial charge in [-0.1, -0.05) is 12.1 Å². The van der Waals surface area contributed by atoms with Crippen molar-refractivity contribution in [1.82, 2.24) is 20.0 Å². The Labute approximate surface area is 197 Å². The van der Waals surface area contributed by atoms with Crippen LogP contribution in [0.4, 0.5) is 0 Å². The summed E-state index contributed by atoms with van der Waals surface area (Å²) >= 11 is 0. The average molecular weight is 461 g/mol. The molecule has 3 heterocycles. The first-order chi connectivity index (χ1) is 16.0. The molecule has 8 heteroatoms. The van der Waals surface area contributed by atoms with E-state index in [1.807, 2.05) is 0 Å². The second-order valence-corrected chi connectivity index (χ2v) is 9.88. The Morgan fingerprint density at radius 3 is 2.52 bits per heavy atom. The largest absolute Gasteiger partial charge is 0.492 e. The van der Waals surface area contributed by atoms with Gasteiger partial charge in [0.15, 0.2) is 0 Å². The number of nitrogens with zero attached hydrogens (tertiary/aromatic N) is 3. The molecule has 0 radical (unpaired) electrons. The van der Waals surface area contributed by atoms with Crippen molar-refractivity contribution in [2.75, 3.05) is 72.2 Å². The fraction of sp³-hybridized carbons (Fsp3) is 0.720. The van der Waals surface area contributed by atoms with Crippen LogP contribution >= 0.6 is 0 Å². The minimum absolute atomic E-state index is 0.0473. The van der Waals surface area contributed by atoms with Crippen LogP contribution in [-0.2, 0) is 16.1 Å². The number of hydrogen-bond donors (Lipinski definition) is 2. The summed E-state index contributed by atoms with van der Waals surface area (Å²) in [5.74, 6) is 0.957. The highest BCUT2D eigenvalue weighted by atomic mass is 16.5. The third-order valence-electron chi connectivity index (χ3n) is 7.03. The number of morpholine rings is 1. The Kier molecular flexibility index (Phi) is 8.60. The van der Waals surface area contributed by atoms with E-state index in [1.54, 1.807) is 6.92 Å². The third kappa shape index (κ3) is 7.65. The lowest BCUT2D eigenvalue weighted by molar-refractivity contribution is -0.120. The average Bonchev–Trinajstić information content (AvgIpc) is 3.17. The number of carbonyl (C=O) groups excluding carboxylic acids is 1. The number of nitrogens with one attached hydrogen (secondary N) is 1. The molecule has 0 saturated carbocycles. The first-order valence-electron chi connectivity index (χ1n) is 12.4. The van der Waals surface area contributed by atoms with E-state index < -0.39 is 5.60 Å². The number of ether oxygens (including phenoxy) is 2. The van der Waals surface area contributed by atoms with E-state index in [1.165, 1.54) is 5.56 Å². The Balaban J connectivity index is 1.16. The summed E-state index contributed by atoms with van der Waals surface area (Å²) in [6.45, 7) is 11.9. The van der Waals surface area contributed by atoms with Crippen LogP contribution in [0.1, 0.15) is 31.7 Å². The number of likely N-dealkylation sites (tertiary alicyclic amines) is 2. The van der Waals surface area contributed by atoms with Crippen LogP contribution in [0.3, 0.4) is 0 Å². The van der Waals surface area contributed by atoms with Gasteiger partial charge in [-0.2, -0.15) is 0 Å². The molecule has 1 atom stereocenters. The van der Waals surface area contributed by atoms with Gasteiger partial charge in [-0.25, -0.2) is 0 Å². The van der Waals surface area contributed by atoms with E-state index in [0.29, 0.717) is 19.7 Å². The maximum atomic E-state index is 11.3. The number of rotatable bonds is 9. The van der Waals surface area contributed by atoms with Gasteiger partial charge in [0, 0.05) is 71.9 Å². The zero-order chi connectivity index (χ0) is 23.1. The molecular formula is C25H40N4O4. The van der Waals surface area contributed by atoms with Gasteiger partial charge in [0.25, 0.3) is 0 Å². The van der Waals surface area contributed by atoms with Gasteiger partial charge in [0.05, 0.1) is 18.8 Å². The predicted molar refractivity (Wildman–Crippen MR) is 127 cm³/mol. The van der Waals surface area contributed by atoms with Crippen LogP contribution in [0.2, 0.25) is 0 Å². The first kappa shape index (κ1) is 24.4. The Hall–Kier alpha value is -1.71. The third-order valence-corrected chi connectivity index (χ3v) is 7.03. The highest BCUT2D eigenvalue weighted by molar-refractivity contribution is 5.73. The molecule has 1 aromatic rings. The molecule has 0 spiro atoms. The highest BCUT2D eigenvalue weighted by Gasteiger charge is 2.38. The van der Waals surface area contributed by atoms with E-state index in [-0.39, 0.29) is 11.9 Å². The number of piperidine rings is 1. The molecule has 0 bridgehead atoms. The van der Waals surface area contributed by atoms with Crippen molar-refractivity contribution in [3.05, 3.63) is 29.8 Å². The molecule has 3 aliphatic rings. The summed E-state index contributed by atoms with van der Waals surface area (Å²) in [6.07, 6.45) is 2.72. The molecule has 2 N–H and O–H groups in total. The van der Waals surface area contributed by atoms with Gasteiger partial charge in [-0.05, 0) is 37.0 Å². The molecule has 3 aliphatic heterocycles. The van der Waals surface area contributed by atoms with Crippen LogP contribution in [-0.4, -0.2) is 110 Å². The number of β-amino-alcohol motifs (C(OH)–C–C–N with tert-alkyl or cyclic N) is 1. The maximum absolute atomic E-state index is 11.3. The number of aliphatic hydroxyl groups is 1. The summed E-state index contributed by atoms with van der Waals surface area (Å²) in [5, 5.41) is 14.2. The zero-order valence-electron chi connectivity index (χ0n) is 20.0. The second-order valence-electron chi connectivity index (χ2n) is 9.88. The molecule has 3 saturated heterocycles. The summed E-state index contributed by atoms with van der Waals surface area (Å²) < 4.78 is 11.3. The monoisotopic (exact) mass is 460 g/mol. The molecule has 8 nitrogen and oxygen atoms in total. The van der Waals surface area contributed by atoms with Gasteiger partial charge >= 0.3 is 0 Å². The molecule has 0 aliphatic carbocycles. The van der Waals surface area contributed by atoms with Crippen molar-refractivity contribution in [2.24, 2.45) is 0 Å². The molecule has 0 unspecified atom stereocenters. The standard InChI is InChI=1S/C25H40N4O4/c1-21(30)26-23-6-9-28(10-7-23)19-25(31)8-11-29(20-25)18-22-2-4-24(5-3-22)33-17-14-27-12-15-32-16-13-27/h2-5,23,31H,6-20H2,1H3,(H,26,30)/t25-/m0/s1. The van der Waals surface area contributed by atoms with Crippen LogP contribution < -0.4 is 10.1 Å². The number of benzene rings is 1. The van der Waals surface area contributed by atoms with E-state index in [2.05, 4.69) is 44.3 Å². The van der Waals surface area contributed by atoms with Crippen molar-refractivity contribution in [1.29, 1.82) is 0 Å². The Bertz CT molecular complexity index is 747. The van der Waals surface area contributed by atoms with Crippen molar-refractivity contribution >= 4 is 5.91 Å². The number of carbonyl (C=O) groups is 1. The summed E-state index contributed by atoms with van der Waals surface area (Å²) in [4.78, 5) is 18.3. The topological polar surface area (TPSA) is 77.5 Å². The summed E-state index contributed by atoms with van der Waals surface area (Å²) in [5.41, 5.74) is 0.597. The van der Waals surface area contributed by atoms with E-state index in [4.69, 9.17) is 9.47 Å². The molecular weight excluding hydrogens is 420 g/mol. The van der Waals surface area contributed by atoms with Crippen molar-refractivity contribution in [3.63, 3.8) is 0 Å². The predicted octanol–water partition coefficient (Wildman–Crippen LogP) is 0.935. The highest BCUT2D eigenvalue weighted by Crippen LogP contribution is 2.26. The van der Waals surface area contributed by atoms with Gasteiger partial charge in [0.1, 0.15) is 12.4 Å². The van der Waals surface area contributed by atoms with Gasteiger partial charge in [0.2, 0.25) is 5.91 Å². The lowest BCUT2D eigenvalue weighted by Crippen LogP contribution is -2.50. The van der Waals surface area contributed by atoms with Crippen LogP contribution in [0.5, 0.6) is 5.75 Å². The fourth-order valence-electron chi connectivity index (χ4n) is 5.21. The molecule has 1 aromatic carbocycles. The fourth-order valence-corrected chi connectivity index (χ4v) is 5.21. The quantitative estimate of drug-likeness (QED) is 0.568. The second kappa shape index (κ2) is 11.6. The Morgan fingerprint density at radius 2 is 1.82 bits per heavy atom. The molecule has 4 rings (SSSR count). The summed E-state index contributed by atoms with van der Waals surface area (Å²) in [6, 6.07) is 8.65. The van der Waals surface area contributed by atoms with Gasteiger partial charge in [-0.15, -0.1) is 0 Å². The SMILES string of the molecule is CC(=O)NC1CCN(C[C@@]2(O)CCN(Cc3ccc(OCCN4CCOCC4)cc3)C2)CC1.